The van der Waals surface area contributed by atoms with Crippen LogP contribution in [0, 0.1) is 0 Å². The number of ketones is 1. The smallest absolute Gasteiger partial charge is 0.271 e. The molecule has 0 aliphatic heterocycles. The van der Waals surface area contributed by atoms with E-state index in [4.69, 9.17) is 0 Å². The first-order chi connectivity index (χ1) is 12.0. The van der Waals surface area contributed by atoms with Gasteiger partial charge in [0.2, 0.25) is 0 Å². The van der Waals surface area contributed by atoms with Gasteiger partial charge in [-0.1, -0.05) is 63.9 Å². The minimum Gasteiger partial charge on any atom is -0.354 e. The molecule has 136 valence electrons. The highest BCUT2D eigenvalue weighted by molar-refractivity contribution is 5.97. The molecule has 1 atom stereocenters. The number of amides is 1. The summed E-state index contributed by atoms with van der Waals surface area (Å²) in [6, 6.07) is 11.3. The van der Waals surface area contributed by atoms with E-state index in [1.807, 2.05) is 37.3 Å². The van der Waals surface area contributed by atoms with Gasteiger partial charge in [-0.15, -0.1) is 0 Å². The summed E-state index contributed by atoms with van der Waals surface area (Å²) in [6.45, 7) is 7.88. The molecule has 5 heteroatoms. The molecule has 0 radical (unpaired) electrons. The summed E-state index contributed by atoms with van der Waals surface area (Å²) in [5.74, 6) is -0.397. The maximum Gasteiger partial charge on any atom is 0.271 e. The lowest BCUT2D eigenvalue weighted by Gasteiger charge is -2.18. The number of aromatic nitrogens is 2. The van der Waals surface area contributed by atoms with Crippen molar-refractivity contribution in [3.05, 3.63) is 53.3 Å². The van der Waals surface area contributed by atoms with Crippen LogP contribution in [0.2, 0.25) is 0 Å². The fourth-order valence-electron chi connectivity index (χ4n) is 2.36. The van der Waals surface area contributed by atoms with Crippen LogP contribution in [0.5, 0.6) is 0 Å². The zero-order chi connectivity index (χ0) is 18.8. The molecular weight excluding hydrogens is 314 g/mol. The number of hydrogen-bond acceptors (Lipinski definition) is 3. The molecule has 2 rings (SSSR count). The molecule has 0 aliphatic rings. The van der Waals surface area contributed by atoms with Crippen molar-refractivity contribution < 1.29 is 9.59 Å². The minimum atomic E-state index is -0.292. The van der Waals surface area contributed by atoms with Gasteiger partial charge in [0, 0.05) is 20.0 Å². The van der Waals surface area contributed by atoms with Crippen LogP contribution < -0.4 is 5.32 Å². The van der Waals surface area contributed by atoms with Gasteiger partial charge >= 0.3 is 0 Å². The maximum atomic E-state index is 11.8. The lowest BCUT2D eigenvalue weighted by molar-refractivity contribution is 0.0955. The largest absolute Gasteiger partial charge is 0.354 e. The summed E-state index contributed by atoms with van der Waals surface area (Å²) >= 11 is 0. The van der Waals surface area contributed by atoms with Gasteiger partial charge in [-0.25, -0.2) is 0 Å². The molecule has 25 heavy (non-hydrogen) atoms. The molecular formula is C20H29N3O2. The van der Waals surface area contributed by atoms with E-state index in [1.165, 1.54) is 19.8 Å². The van der Waals surface area contributed by atoms with Crippen molar-refractivity contribution in [3.63, 3.8) is 0 Å². The summed E-state index contributed by atoms with van der Waals surface area (Å²) in [7, 11) is 1.54. The number of Topliss-reactive ketones (excluding diaryl/α,β-unsaturated/α-hetero) is 1. The highest BCUT2D eigenvalue weighted by atomic mass is 16.2. The third-order valence-corrected chi connectivity index (χ3v) is 3.92. The maximum absolute atomic E-state index is 11.8. The fourth-order valence-corrected chi connectivity index (χ4v) is 2.36. The lowest BCUT2D eigenvalue weighted by atomic mass is 10.0. The van der Waals surface area contributed by atoms with Crippen molar-refractivity contribution in [2.75, 3.05) is 7.05 Å². The molecule has 1 unspecified atom stereocenters. The SMILES string of the molecule is CCC(c1ccccc1)n1nc(C(=O)NC)cc1C(C)=O.CCCC. The van der Waals surface area contributed by atoms with Gasteiger partial charge < -0.3 is 5.32 Å². The molecule has 0 bridgehead atoms. The van der Waals surface area contributed by atoms with Gasteiger partial charge in [-0.3, -0.25) is 14.3 Å². The highest BCUT2D eigenvalue weighted by Crippen LogP contribution is 2.23. The fraction of sp³-hybridized carbons (Fsp3) is 0.450. The molecule has 0 saturated carbocycles. The monoisotopic (exact) mass is 343 g/mol. The van der Waals surface area contributed by atoms with E-state index in [2.05, 4.69) is 24.3 Å². The van der Waals surface area contributed by atoms with E-state index < -0.39 is 0 Å². The van der Waals surface area contributed by atoms with Gasteiger partial charge in [0.1, 0.15) is 5.69 Å². The normalized spacial score (nSPS) is 11.2. The van der Waals surface area contributed by atoms with Crippen molar-refractivity contribution >= 4 is 11.7 Å². The van der Waals surface area contributed by atoms with Gasteiger partial charge in [-0.2, -0.15) is 5.10 Å². The third kappa shape index (κ3) is 5.55. The van der Waals surface area contributed by atoms with Crippen molar-refractivity contribution in [1.29, 1.82) is 0 Å². The van der Waals surface area contributed by atoms with E-state index in [0.717, 1.165) is 12.0 Å². The molecule has 1 aromatic carbocycles. The number of hydrogen-bond donors (Lipinski definition) is 1. The van der Waals surface area contributed by atoms with Crippen LogP contribution in [0.25, 0.3) is 0 Å². The van der Waals surface area contributed by atoms with Crippen LogP contribution in [0.3, 0.4) is 0 Å². The van der Waals surface area contributed by atoms with Gasteiger partial charge in [0.05, 0.1) is 6.04 Å². The summed E-state index contributed by atoms with van der Waals surface area (Å²) < 4.78 is 1.65. The number of nitrogens with zero attached hydrogens (tertiary/aromatic N) is 2. The number of nitrogens with one attached hydrogen (secondary N) is 1. The zero-order valence-corrected chi connectivity index (χ0v) is 15.9. The second kappa shape index (κ2) is 10.4. The molecule has 2 aromatic rings. The Kier molecular flexibility index (Phi) is 8.61. The second-order valence-electron chi connectivity index (χ2n) is 5.83. The van der Waals surface area contributed by atoms with Gasteiger partial charge in [0.25, 0.3) is 5.91 Å². The molecule has 0 fully saturated rings. The van der Waals surface area contributed by atoms with Crippen LogP contribution in [0.15, 0.2) is 36.4 Å². The molecule has 0 aliphatic carbocycles. The quantitative estimate of drug-likeness (QED) is 0.797. The molecule has 0 spiro atoms. The van der Waals surface area contributed by atoms with Crippen LogP contribution in [-0.2, 0) is 0 Å². The Bertz CT molecular complexity index is 676. The van der Waals surface area contributed by atoms with Crippen LogP contribution >= 0.6 is 0 Å². The van der Waals surface area contributed by atoms with Gasteiger partial charge in [-0.05, 0) is 12.0 Å². The Morgan fingerprint density at radius 2 is 1.72 bits per heavy atom. The van der Waals surface area contributed by atoms with E-state index in [-0.39, 0.29) is 23.4 Å². The molecule has 5 nitrogen and oxygen atoms in total. The molecule has 1 aromatic heterocycles. The first-order valence-electron chi connectivity index (χ1n) is 8.87. The molecule has 1 amide bonds. The topological polar surface area (TPSA) is 64.0 Å². The van der Waals surface area contributed by atoms with Crippen LogP contribution in [0.4, 0.5) is 0 Å². The van der Waals surface area contributed by atoms with Crippen LogP contribution in [-0.4, -0.2) is 28.5 Å². The summed E-state index contributed by atoms with van der Waals surface area (Å²) in [6.07, 6.45) is 3.42. The predicted octanol–water partition coefficient (Wildman–Crippen LogP) is 4.25. The number of carbonyl (C=O) groups is 2. The Morgan fingerprint density at radius 1 is 1.12 bits per heavy atom. The zero-order valence-electron chi connectivity index (χ0n) is 15.9. The Balaban J connectivity index is 0.000000705. The van der Waals surface area contributed by atoms with Gasteiger partial charge in [0.15, 0.2) is 11.5 Å². The number of rotatable bonds is 6. The van der Waals surface area contributed by atoms with Crippen LogP contribution in [0.1, 0.15) is 79.5 Å². The first kappa shape index (κ1) is 20.6. The number of benzene rings is 1. The summed E-state index contributed by atoms with van der Waals surface area (Å²) in [5, 5.41) is 6.86. The first-order valence-corrected chi connectivity index (χ1v) is 8.87. The average Bonchev–Trinajstić information content (AvgIpc) is 3.08. The third-order valence-electron chi connectivity index (χ3n) is 3.92. The number of carbonyl (C=O) groups excluding carboxylic acids is 2. The van der Waals surface area contributed by atoms with E-state index in [0.29, 0.717) is 5.69 Å². The summed E-state index contributed by atoms with van der Waals surface area (Å²) in [5.41, 5.74) is 1.77. The minimum absolute atomic E-state index is 0.0662. The highest BCUT2D eigenvalue weighted by Gasteiger charge is 2.22. The Morgan fingerprint density at radius 3 is 2.16 bits per heavy atom. The van der Waals surface area contributed by atoms with Crippen molar-refractivity contribution in [1.82, 2.24) is 15.1 Å². The predicted molar refractivity (Wildman–Crippen MR) is 101 cm³/mol. The average molecular weight is 343 g/mol. The molecule has 1 N–H and O–H groups in total. The Labute approximate surface area is 150 Å². The van der Waals surface area contributed by atoms with Crippen molar-refractivity contribution in [3.8, 4) is 0 Å². The summed E-state index contributed by atoms with van der Waals surface area (Å²) in [4.78, 5) is 23.6. The Hall–Kier alpha value is -2.43. The van der Waals surface area contributed by atoms with E-state index in [9.17, 15) is 9.59 Å². The van der Waals surface area contributed by atoms with Crippen molar-refractivity contribution in [2.24, 2.45) is 0 Å². The van der Waals surface area contributed by atoms with E-state index in [1.54, 1.807) is 17.8 Å². The van der Waals surface area contributed by atoms with E-state index >= 15 is 0 Å². The standard InChI is InChI=1S/C16H19N3O2.C4H10/c1-4-14(12-8-6-5-7-9-12)19-15(11(2)20)10-13(18-19)16(21)17-3;1-3-4-2/h5-10,14H,4H2,1-3H3,(H,17,21);3-4H2,1-2H3. The molecule has 0 saturated heterocycles. The lowest BCUT2D eigenvalue weighted by Crippen LogP contribution is -2.20. The molecule has 1 heterocycles. The number of unbranched alkanes of at least 4 members (excludes halogenated alkanes) is 1. The second-order valence-corrected chi connectivity index (χ2v) is 5.83. The van der Waals surface area contributed by atoms with Crippen molar-refractivity contribution in [2.45, 2.75) is 53.0 Å².